The summed E-state index contributed by atoms with van der Waals surface area (Å²) in [5.41, 5.74) is 0.888. The number of hydrogen-bond donors (Lipinski definition) is 0. The van der Waals surface area contributed by atoms with Crippen molar-refractivity contribution in [3.05, 3.63) is 40.2 Å². The van der Waals surface area contributed by atoms with Gasteiger partial charge in [-0.15, -0.1) is 10.2 Å². The number of nitro groups is 1. The van der Waals surface area contributed by atoms with Crippen LogP contribution in [0.2, 0.25) is 0 Å². The van der Waals surface area contributed by atoms with Crippen LogP contribution in [0.25, 0.3) is 11.4 Å². The smallest absolute Gasteiger partial charge is 0.269 e. The summed E-state index contributed by atoms with van der Waals surface area (Å²) < 4.78 is 2.01. The Morgan fingerprint density at radius 2 is 1.95 bits per heavy atom. The summed E-state index contributed by atoms with van der Waals surface area (Å²) in [6.07, 6.45) is 0. The number of aromatic nitrogens is 3. The van der Waals surface area contributed by atoms with Crippen molar-refractivity contribution in [1.29, 1.82) is 0 Å². The van der Waals surface area contributed by atoms with Gasteiger partial charge in [0.1, 0.15) is 5.82 Å². The molecular formula is C12H13BrN4O2. The van der Waals surface area contributed by atoms with Crippen molar-refractivity contribution in [2.24, 2.45) is 0 Å². The van der Waals surface area contributed by atoms with Crippen LogP contribution in [-0.2, 0) is 5.33 Å². The molecule has 0 radical (unpaired) electrons. The van der Waals surface area contributed by atoms with Gasteiger partial charge in [0, 0.05) is 23.7 Å². The fourth-order valence-electron chi connectivity index (χ4n) is 1.89. The summed E-state index contributed by atoms with van der Waals surface area (Å²) in [6.45, 7) is 4.09. The Morgan fingerprint density at radius 1 is 1.32 bits per heavy atom. The van der Waals surface area contributed by atoms with Gasteiger partial charge in [-0.05, 0) is 26.0 Å². The van der Waals surface area contributed by atoms with E-state index < -0.39 is 4.92 Å². The second-order valence-corrected chi connectivity index (χ2v) is 4.90. The molecule has 6 nitrogen and oxygen atoms in total. The van der Waals surface area contributed by atoms with Gasteiger partial charge in [-0.2, -0.15) is 0 Å². The maximum atomic E-state index is 10.6. The number of alkyl halides is 1. The molecule has 2 aromatic rings. The molecule has 1 aromatic heterocycles. The Morgan fingerprint density at radius 3 is 2.42 bits per heavy atom. The highest BCUT2D eigenvalue weighted by molar-refractivity contribution is 9.08. The fraction of sp³-hybridized carbons (Fsp3) is 0.333. The van der Waals surface area contributed by atoms with Gasteiger partial charge < -0.3 is 4.57 Å². The molecule has 100 valence electrons. The van der Waals surface area contributed by atoms with E-state index in [4.69, 9.17) is 0 Å². The van der Waals surface area contributed by atoms with E-state index in [2.05, 4.69) is 26.1 Å². The van der Waals surface area contributed by atoms with Crippen molar-refractivity contribution in [3.63, 3.8) is 0 Å². The summed E-state index contributed by atoms with van der Waals surface area (Å²) in [7, 11) is 0. The molecule has 0 saturated heterocycles. The molecule has 2 rings (SSSR count). The third-order valence-corrected chi connectivity index (χ3v) is 3.24. The van der Waals surface area contributed by atoms with Crippen molar-refractivity contribution < 1.29 is 4.92 Å². The van der Waals surface area contributed by atoms with E-state index in [1.54, 1.807) is 12.1 Å². The van der Waals surface area contributed by atoms with Crippen LogP contribution in [0, 0.1) is 10.1 Å². The zero-order valence-electron chi connectivity index (χ0n) is 10.6. The van der Waals surface area contributed by atoms with Gasteiger partial charge in [0.25, 0.3) is 5.69 Å². The van der Waals surface area contributed by atoms with Crippen LogP contribution < -0.4 is 0 Å². The lowest BCUT2D eigenvalue weighted by Gasteiger charge is -2.12. The van der Waals surface area contributed by atoms with Gasteiger partial charge in [0.05, 0.1) is 10.3 Å². The molecule has 0 aliphatic carbocycles. The molecule has 0 saturated carbocycles. The SMILES string of the molecule is CC(C)n1c(CBr)nnc1-c1ccc([N+](=O)[O-])cc1. The number of nitrogens with zero attached hydrogens (tertiary/aromatic N) is 4. The molecule has 0 spiro atoms. The van der Waals surface area contributed by atoms with Crippen molar-refractivity contribution in [1.82, 2.24) is 14.8 Å². The van der Waals surface area contributed by atoms with Gasteiger partial charge in [-0.3, -0.25) is 10.1 Å². The average molecular weight is 325 g/mol. The molecule has 7 heteroatoms. The van der Waals surface area contributed by atoms with Gasteiger partial charge in [-0.1, -0.05) is 15.9 Å². The highest BCUT2D eigenvalue weighted by atomic mass is 79.9. The summed E-state index contributed by atoms with van der Waals surface area (Å²) in [4.78, 5) is 10.2. The lowest BCUT2D eigenvalue weighted by atomic mass is 10.2. The predicted molar refractivity (Wildman–Crippen MR) is 75.1 cm³/mol. The molecule has 1 heterocycles. The average Bonchev–Trinajstić information content (AvgIpc) is 2.82. The quantitative estimate of drug-likeness (QED) is 0.491. The first-order valence-corrected chi connectivity index (χ1v) is 6.91. The van der Waals surface area contributed by atoms with Gasteiger partial charge in [-0.25, -0.2) is 0 Å². The zero-order valence-corrected chi connectivity index (χ0v) is 12.2. The number of hydrogen-bond acceptors (Lipinski definition) is 4. The van der Waals surface area contributed by atoms with E-state index in [9.17, 15) is 10.1 Å². The maximum absolute atomic E-state index is 10.6. The minimum absolute atomic E-state index is 0.0695. The first-order chi connectivity index (χ1) is 9.04. The first-order valence-electron chi connectivity index (χ1n) is 5.79. The molecular weight excluding hydrogens is 312 g/mol. The van der Waals surface area contributed by atoms with Crippen molar-refractivity contribution >= 4 is 21.6 Å². The number of rotatable bonds is 4. The van der Waals surface area contributed by atoms with Crippen LogP contribution in [0.5, 0.6) is 0 Å². The van der Waals surface area contributed by atoms with Crippen LogP contribution in [0.3, 0.4) is 0 Å². The summed E-state index contributed by atoms with van der Waals surface area (Å²) in [5.74, 6) is 1.56. The number of non-ortho nitro benzene ring substituents is 1. The highest BCUT2D eigenvalue weighted by Gasteiger charge is 2.16. The summed E-state index contributed by atoms with van der Waals surface area (Å²) in [5, 5.41) is 19.5. The fourth-order valence-corrected chi connectivity index (χ4v) is 2.27. The number of benzene rings is 1. The molecule has 19 heavy (non-hydrogen) atoms. The Balaban J connectivity index is 2.47. The topological polar surface area (TPSA) is 73.8 Å². The maximum Gasteiger partial charge on any atom is 0.269 e. The normalized spacial score (nSPS) is 10.9. The third-order valence-electron chi connectivity index (χ3n) is 2.74. The van der Waals surface area contributed by atoms with Crippen LogP contribution in [0.4, 0.5) is 5.69 Å². The predicted octanol–water partition coefficient (Wildman–Crippen LogP) is 3.33. The van der Waals surface area contributed by atoms with Gasteiger partial charge in [0.15, 0.2) is 5.82 Å². The van der Waals surface area contributed by atoms with Crippen molar-refractivity contribution in [3.8, 4) is 11.4 Å². The van der Waals surface area contributed by atoms with E-state index in [1.807, 2.05) is 18.4 Å². The first kappa shape index (κ1) is 13.7. The van der Waals surface area contributed by atoms with Crippen LogP contribution in [0.15, 0.2) is 24.3 Å². The lowest BCUT2D eigenvalue weighted by Crippen LogP contribution is -2.06. The monoisotopic (exact) mass is 324 g/mol. The Kier molecular flexibility index (Phi) is 3.94. The minimum atomic E-state index is -0.416. The lowest BCUT2D eigenvalue weighted by molar-refractivity contribution is -0.384. The van der Waals surface area contributed by atoms with Crippen molar-refractivity contribution in [2.45, 2.75) is 25.2 Å². The van der Waals surface area contributed by atoms with Gasteiger partial charge in [0.2, 0.25) is 0 Å². The third kappa shape index (κ3) is 2.65. The van der Waals surface area contributed by atoms with E-state index in [1.165, 1.54) is 12.1 Å². The standard InChI is InChI=1S/C12H13BrN4O2/c1-8(2)16-11(7-13)14-15-12(16)9-3-5-10(6-4-9)17(18)19/h3-6,8H,7H2,1-2H3. The summed E-state index contributed by atoms with van der Waals surface area (Å²) in [6, 6.07) is 6.55. The highest BCUT2D eigenvalue weighted by Crippen LogP contribution is 2.25. The number of nitro benzene ring substituents is 1. The Labute approximate surface area is 118 Å². The van der Waals surface area contributed by atoms with Gasteiger partial charge >= 0.3 is 0 Å². The minimum Gasteiger partial charge on any atom is -0.308 e. The van der Waals surface area contributed by atoms with Crippen LogP contribution >= 0.6 is 15.9 Å². The molecule has 0 bridgehead atoms. The Hall–Kier alpha value is -1.76. The molecule has 0 unspecified atom stereocenters. The Bertz CT molecular complexity index is 592. The molecule has 0 amide bonds. The van der Waals surface area contributed by atoms with Crippen LogP contribution in [-0.4, -0.2) is 19.7 Å². The molecule has 0 fully saturated rings. The second-order valence-electron chi connectivity index (χ2n) is 4.34. The molecule has 0 aliphatic heterocycles. The number of halogens is 1. The largest absolute Gasteiger partial charge is 0.308 e. The second kappa shape index (κ2) is 5.48. The van der Waals surface area contributed by atoms with E-state index in [0.717, 1.165) is 17.2 Å². The molecule has 0 aliphatic rings. The molecule has 1 aromatic carbocycles. The van der Waals surface area contributed by atoms with Crippen molar-refractivity contribution in [2.75, 3.05) is 0 Å². The molecule has 0 N–H and O–H groups in total. The van der Waals surface area contributed by atoms with E-state index >= 15 is 0 Å². The zero-order chi connectivity index (χ0) is 14.0. The van der Waals surface area contributed by atoms with E-state index in [-0.39, 0.29) is 11.7 Å². The van der Waals surface area contributed by atoms with Crippen LogP contribution in [0.1, 0.15) is 25.7 Å². The summed E-state index contributed by atoms with van der Waals surface area (Å²) >= 11 is 3.38. The van der Waals surface area contributed by atoms with E-state index in [0.29, 0.717) is 5.33 Å². The molecule has 0 atom stereocenters.